The minimum absolute atomic E-state index is 0.560. The molecule has 1 nitrogen and oxygen atoms in total. The molecule has 0 radical (unpaired) electrons. The van der Waals surface area contributed by atoms with Gasteiger partial charge in [0.25, 0.3) is 0 Å². The lowest BCUT2D eigenvalue weighted by molar-refractivity contribution is -0.137. The molecule has 0 aromatic carbocycles. The summed E-state index contributed by atoms with van der Waals surface area (Å²) in [5.74, 6) is 0. The minimum Gasteiger partial charge on any atom is -0.261 e. The lowest BCUT2D eigenvalue weighted by atomic mass is 10.1. The number of halogens is 3. The zero-order valence-electron chi connectivity index (χ0n) is 6.74. The summed E-state index contributed by atoms with van der Waals surface area (Å²) in [6.07, 6.45) is -3.44. The van der Waals surface area contributed by atoms with Crippen LogP contribution < -0.4 is 0 Å². The molecule has 0 bridgehead atoms. The van der Waals surface area contributed by atoms with Gasteiger partial charge in [0.1, 0.15) is 0 Å². The Morgan fingerprint density at radius 3 is 2.25 bits per heavy atom. The van der Waals surface area contributed by atoms with Crippen molar-refractivity contribution in [3.63, 3.8) is 0 Å². The molecule has 0 fully saturated rings. The van der Waals surface area contributed by atoms with Crippen molar-refractivity contribution in [3.05, 3.63) is 29.1 Å². The molecule has 0 unspecified atom stereocenters. The molecular weight excluding hydrogens is 167 g/mol. The first-order valence-corrected chi connectivity index (χ1v) is 3.41. The molecule has 0 aliphatic carbocycles. The van der Waals surface area contributed by atoms with Crippen molar-refractivity contribution in [2.24, 2.45) is 0 Å². The van der Waals surface area contributed by atoms with E-state index in [2.05, 4.69) is 4.98 Å². The van der Waals surface area contributed by atoms with Crippen molar-refractivity contribution in [2.45, 2.75) is 20.0 Å². The van der Waals surface area contributed by atoms with Gasteiger partial charge in [0, 0.05) is 11.9 Å². The van der Waals surface area contributed by atoms with E-state index in [1.807, 2.05) is 0 Å². The monoisotopic (exact) mass is 175 g/mol. The summed E-state index contributed by atoms with van der Waals surface area (Å²) >= 11 is 0. The maximum atomic E-state index is 12.1. The minimum atomic E-state index is -4.29. The van der Waals surface area contributed by atoms with Crippen LogP contribution in [0.5, 0.6) is 0 Å². The topological polar surface area (TPSA) is 12.9 Å². The van der Waals surface area contributed by atoms with Gasteiger partial charge in [-0.2, -0.15) is 13.2 Å². The number of alkyl halides is 3. The number of aromatic nitrogens is 1. The summed E-state index contributed by atoms with van der Waals surface area (Å²) in [6.45, 7) is 3.28. The Morgan fingerprint density at radius 1 is 1.25 bits per heavy atom. The molecule has 1 heterocycles. The summed E-state index contributed by atoms with van der Waals surface area (Å²) in [7, 11) is 0. The Hall–Kier alpha value is -1.06. The predicted molar refractivity (Wildman–Crippen MR) is 38.7 cm³/mol. The van der Waals surface area contributed by atoms with E-state index in [4.69, 9.17) is 0 Å². The van der Waals surface area contributed by atoms with Crippen LogP contribution in [0.15, 0.2) is 12.3 Å². The third kappa shape index (κ3) is 1.75. The largest absolute Gasteiger partial charge is 0.417 e. The molecule has 1 aromatic heterocycles. The third-order valence-corrected chi connectivity index (χ3v) is 1.67. The first-order chi connectivity index (χ1) is 5.41. The van der Waals surface area contributed by atoms with E-state index in [1.54, 1.807) is 13.8 Å². The lowest BCUT2D eigenvalue weighted by Gasteiger charge is -2.07. The molecule has 66 valence electrons. The smallest absolute Gasteiger partial charge is 0.261 e. The van der Waals surface area contributed by atoms with E-state index in [-0.39, 0.29) is 0 Å². The zero-order chi connectivity index (χ0) is 9.35. The van der Waals surface area contributed by atoms with Gasteiger partial charge in [-0.15, -0.1) is 0 Å². The molecule has 12 heavy (non-hydrogen) atoms. The van der Waals surface area contributed by atoms with E-state index in [0.717, 1.165) is 12.3 Å². The van der Waals surface area contributed by atoms with E-state index < -0.39 is 11.7 Å². The Bertz CT molecular complexity index is 291. The van der Waals surface area contributed by atoms with Crippen molar-refractivity contribution < 1.29 is 13.2 Å². The quantitative estimate of drug-likeness (QED) is 0.590. The fourth-order valence-electron chi connectivity index (χ4n) is 0.798. The maximum absolute atomic E-state index is 12.1. The van der Waals surface area contributed by atoms with Gasteiger partial charge < -0.3 is 0 Å². The average molecular weight is 175 g/mol. The molecule has 0 saturated heterocycles. The second kappa shape index (κ2) is 2.77. The van der Waals surface area contributed by atoms with Crippen molar-refractivity contribution in [1.82, 2.24) is 4.98 Å². The number of hydrogen-bond donors (Lipinski definition) is 0. The standard InChI is InChI=1S/C8H8F3N/c1-5-3-7(8(9,10)11)4-12-6(5)2/h3-4H,1-2H3. The van der Waals surface area contributed by atoms with Gasteiger partial charge in [0.2, 0.25) is 0 Å². The van der Waals surface area contributed by atoms with Gasteiger partial charge in [0.15, 0.2) is 0 Å². The summed E-state index contributed by atoms with van der Waals surface area (Å²) in [6, 6.07) is 1.10. The molecule has 1 rings (SSSR count). The highest BCUT2D eigenvalue weighted by atomic mass is 19.4. The molecule has 0 N–H and O–H groups in total. The van der Waals surface area contributed by atoms with Crippen LogP contribution in [-0.2, 0) is 6.18 Å². The second-order valence-electron chi connectivity index (χ2n) is 2.62. The lowest BCUT2D eigenvalue weighted by Crippen LogP contribution is -2.06. The van der Waals surface area contributed by atoms with Crippen molar-refractivity contribution >= 4 is 0 Å². The summed E-state index contributed by atoms with van der Waals surface area (Å²) in [5.41, 5.74) is 0.499. The van der Waals surface area contributed by atoms with E-state index >= 15 is 0 Å². The van der Waals surface area contributed by atoms with Crippen LogP contribution in [0.3, 0.4) is 0 Å². The Morgan fingerprint density at radius 2 is 1.83 bits per heavy atom. The van der Waals surface area contributed by atoms with Crippen LogP contribution in [0, 0.1) is 13.8 Å². The highest BCUT2D eigenvalue weighted by molar-refractivity contribution is 5.24. The number of rotatable bonds is 0. The molecule has 4 heteroatoms. The number of pyridine rings is 1. The Labute approximate surface area is 68.2 Å². The average Bonchev–Trinajstić information content (AvgIpc) is 1.92. The van der Waals surface area contributed by atoms with Crippen molar-refractivity contribution in [3.8, 4) is 0 Å². The van der Waals surface area contributed by atoms with Gasteiger partial charge >= 0.3 is 6.18 Å². The van der Waals surface area contributed by atoms with Crippen LogP contribution in [0.1, 0.15) is 16.8 Å². The van der Waals surface area contributed by atoms with Crippen molar-refractivity contribution in [2.75, 3.05) is 0 Å². The van der Waals surface area contributed by atoms with Gasteiger partial charge in [-0.25, -0.2) is 0 Å². The van der Waals surface area contributed by atoms with E-state index in [0.29, 0.717) is 11.3 Å². The first kappa shape index (κ1) is 9.03. The number of nitrogens with zero attached hydrogens (tertiary/aromatic N) is 1. The molecule has 0 amide bonds. The number of aryl methyl sites for hydroxylation is 2. The van der Waals surface area contributed by atoms with E-state index in [9.17, 15) is 13.2 Å². The SMILES string of the molecule is Cc1cc(C(F)(F)F)cnc1C. The highest BCUT2D eigenvalue weighted by Crippen LogP contribution is 2.29. The zero-order valence-corrected chi connectivity index (χ0v) is 6.74. The Kier molecular flexibility index (Phi) is 2.08. The fourth-order valence-corrected chi connectivity index (χ4v) is 0.798. The first-order valence-electron chi connectivity index (χ1n) is 3.41. The maximum Gasteiger partial charge on any atom is 0.417 e. The second-order valence-corrected chi connectivity index (χ2v) is 2.62. The van der Waals surface area contributed by atoms with Gasteiger partial charge in [-0.1, -0.05) is 0 Å². The van der Waals surface area contributed by atoms with Gasteiger partial charge in [0.05, 0.1) is 5.56 Å². The molecule has 0 saturated carbocycles. The predicted octanol–water partition coefficient (Wildman–Crippen LogP) is 2.72. The highest BCUT2D eigenvalue weighted by Gasteiger charge is 2.30. The number of hydrogen-bond acceptors (Lipinski definition) is 1. The molecule has 1 aromatic rings. The van der Waals surface area contributed by atoms with Gasteiger partial charge in [-0.05, 0) is 25.5 Å². The van der Waals surface area contributed by atoms with Crippen LogP contribution in [0.2, 0.25) is 0 Å². The normalized spacial score (nSPS) is 11.8. The molecular formula is C8H8F3N. The van der Waals surface area contributed by atoms with Crippen molar-refractivity contribution in [1.29, 1.82) is 0 Å². The van der Waals surface area contributed by atoms with E-state index in [1.165, 1.54) is 0 Å². The van der Waals surface area contributed by atoms with Crippen LogP contribution in [0.25, 0.3) is 0 Å². The van der Waals surface area contributed by atoms with Gasteiger partial charge in [-0.3, -0.25) is 4.98 Å². The molecule has 0 spiro atoms. The molecule has 0 aliphatic heterocycles. The molecule has 0 aliphatic rings. The van der Waals surface area contributed by atoms with Crippen LogP contribution in [-0.4, -0.2) is 4.98 Å². The molecule has 0 atom stereocenters. The summed E-state index contributed by atoms with van der Waals surface area (Å²) in [4.78, 5) is 3.63. The summed E-state index contributed by atoms with van der Waals surface area (Å²) in [5, 5.41) is 0. The Balaban J connectivity index is 3.14. The summed E-state index contributed by atoms with van der Waals surface area (Å²) < 4.78 is 36.2. The fraction of sp³-hybridized carbons (Fsp3) is 0.375. The third-order valence-electron chi connectivity index (χ3n) is 1.67. The van der Waals surface area contributed by atoms with Crippen LogP contribution in [0.4, 0.5) is 13.2 Å². The van der Waals surface area contributed by atoms with Crippen LogP contribution >= 0.6 is 0 Å².